The van der Waals surface area contributed by atoms with Crippen molar-refractivity contribution in [3.63, 3.8) is 0 Å². The van der Waals surface area contributed by atoms with Crippen molar-refractivity contribution in [1.82, 2.24) is 0 Å². The first-order valence-electron chi connectivity index (χ1n) is 5.44. The Balaban J connectivity index is 2.74. The van der Waals surface area contributed by atoms with Crippen LogP contribution < -0.4 is 10.6 Å². The fourth-order valence-electron chi connectivity index (χ4n) is 1.44. The van der Waals surface area contributed by atoms with E-state index in [1.165, 1.54) is 0 Å². The monoisotopic (exact) mass is 316 g/mol. The van der Waals surface area contributed by atoms with Crippen LogP contribution in [0.15, 0.2) is 22.7 Å². The highest BCUT2D eigenvalue weighted by atomic mass is 79.9. The zero-order valence-electron chi connectivity index (χ0n) is 10.1. The normalized spacial score (nSPS) is 10.3. The number of benzene rings is 1. The summed E-state index contributed by atoms with van der Waals surface area (Å²) in [5.41, 5.74) is 7.55. The van der Waals surface area contributed by atoms with Crippen LogP contribution in [-0.2, 0) is 4.74 Å². The summed E-state index contributed by atoms with van der Waals surface area (Å²) >= 11 is 8.47. The lowest BCUT2D eigenvalue weighted by Crippen LogP contribution is -2.23. The Kier molecular flexibility index (Phi) is 5.88. The molecule has 0 unspecified atom stereocenters. The summed E-state index contributed by atoms with van der Waals surface area (Å²) in [5, 5.41) is 0. The largest absolute Gasteiger partial charge is 0.389 e. The molecule has 1 aromatic carbocycles. The van der Waals surface area contributed by atoms with E-state index in [9.17, 15) is 0 Å². The maximum absolute atomic E-state index is 5.58. The lowest BCUT2D eigenvalue weighted by molar-refractivity contribution is 0.154. The average Bonchev–Trinajstić information content (AvgIpc) is 2.28. The van der Waals surface area contributed by atoms with Crippen LogP contribution in [0.3, 0.4) is 0 Å². The second-order valence-electron chi connectivity index (χ2n) is 3.65. The van der Waals surface area contributed by atoms with Gasteiger partial charge in [0.2, 0.25) is 0 Å². The molecule has 0 atom stereocenters. The molecule has 94 valence electrons. The topological polar surface area (TPSA) is 38.5 Å². The molecule has 0 fully saturated rings. The van der Waals surface area contributed by atoms with E-state index in [1.807, 2.05) is 32.2 Å². The number of halogens is 1. The molecule has 3 nitrogen and oxygen atoms in total. The van der Waals surface area contributed by atoms with Crippen LogP contribution in [0.25, 0.3) is 0 Å². The Labute approximate surface area is 116 Å². The molecule has 0 amide bonds. The number of hydrogen-bond acceptors (Lipinski definition) is 3. The predicted molar refractivity (Wildman–Crippen MR) is 79.8 cm³/mol. The molecule has 1 rings (SSSR count). The molecule has 0 aromatic heterocycles. The SMILES string of the molecule is CCOCCN(C)c1ccc(C(N)=S)cc1Br. The smallest absolute Gasteiger partial charge is 0.104 e. The van der Waals surface area contributed by atoms with Crippen molar-refractivity contribution < 1.29 is 4.74 Å². The molecule has 0 radical (unpaired) electrons. The van der Waals surface area contributed by atoms with Crippen LogP contribution in [0.1, 0.15) is 12.5 Å². The molecule has 0 heterocycles. The highest BCUT2D eigenvalue weighted by molar-refractivity contribution is 9.10. The van der Waals surface area contributed by atoms with E-state index in [-0.39, 0.29) is 0 Å². The van der Waals surface area contributed by atoms with Gasteiger partial charge in [0.05, 0.1) is 12.3 Å². The quantitative estimate of drug-likeness (QED) is 0.646. The van der Waals surface area contributed by atoms with Gasteiger partial charge in [-0.25, -0.2) is 0 Å². The molecule has 17 heavy (non-hydrogen) atoms. The van der Waals surface area contributed by atoms with E-state index < -0.39 is 0 Å². The molecule has 2 N–H and O–H groups in total. The molecule has 0 spiro atoms. The van der Waals surface area contributed by atoms with E-state index in [0.717, 1.165) is 35.5 Å². The van der Waals surface area contributed by atoms with Crippen molar-refractivity contribution in [3.05, 3.63) is 28.2 Å². The maximum atomic E-state index is 5.58. The summed E-state index contributed by atoms with van der Waals surface area (Å²) in [6.45, 7) is 4.30. The number of thiocarbonyl (C=S) groups is 1. The van der Waals surface area contributed by atoms with Gasteiger partial charge in [-0.1, -0.05) is 12.2 Å². The highest BCUT2D eigenvalue weighted by Crippen LogP contribution is 2.26. The minimum atomic E-state index is 0.411. The van der Waals surface area contributed by atoms with Gasteiger partial charge in [-0.3, -0.25) is 0 Å². The Morgan fingerprint density at radius 2 is 2.24 bits per heavy atom. The van der Waals surface area contributed by atoms with Crippen LogP contribution in [0.4, 0.5) is 5.69 Å². The second kappa shape index (κ2) is 6.93. The fraction of sp³-hybridized carbons (Fsp3) is 0.417. The molecule has 0 aliphatic rings. The minimum absolute atomic E-state index is 0.411. The van der Waals surface area contributed by atoms with Gasteiger partial charge in [0.25, 0.3) is 0 Å². The summed E-state index contributed by atoms with van der Waals surface area (Å²) in [7, 11) is 2.03. The van der Waals surface area contributed by atoms with Gasteiger partial charge in [0, 0.05) is 30.2 Å². The number of nitrogens with two attached hydrogens (primary N) is 1. The Morgan fingerprint density at radius 1 is 1.53 bits per heavy atom. The predicted octanol–water partition coefficient (Wildman–Crippen LogP) is 2.56. The summed E-state index contributed by atoms with van der Waals surface area (Å²) in [6.07, 6.45) is 0. The van der Waals surface area contributed by atoms with Crippen LogP contribution >= 0.6 is 28.1 Å². The number of likely N-dealkylation sites (N-methyl/N-ethyl adjacent to an activating group) is 1. The summed E-state index contributed by atoms with van der Waals surface area (Å²) < 4.78 is 6.32. The first kappa shape index (κ1) is 14.4. The van der Waals surface area contributed by atoms with Crippen molar-refractivity contribution in [2.24, 2.45) is 5.73 Å². The Hall–Kier alpha value is -0.650. The lowest BCUT2D eigenvalue weighted by atomic mass is 10.2. The maximum Gasteiger partial charge on any atom is 0.104 e. The van der Waals surface area contributed by atoms with E-state index in [1.54, 1.807) is 0 Å². The van der Waals surface area contributed by atoms with Crippen molar-refractivity contribution in [3.8, 4) is 0 Å². The molecule has 0 aliphatic heterocycles. The Morgan fingerprint density at radius 3 is 2.76 bits per heavy atom. The van der Waals surface area contributed by atoms with Crippen molar-refractivity contribution in [1.29, 1.82) is 0 Å². The Bertz CT molecular complexity index is 398. The van der Waals surface area contributed by atoms with Gasteiger partial charge in [0.1, 0.15) is 4.99 Å². The molecule has 0 saturated heterocycles. The number of anilines is 1. The average molecular weight is 317 g/mol. The minimum Gasteiger partial charge on any atom is -0.389 e. The number of nitrogens with zero attached hydrogens (tertiary/aromatic N) is 1. The van der Waals surface area contributed by atoms with Gasteiger partial charge in [-0.2, -0.15) is 0 Å². The molecule has 1 aromatic rings. The van der Waals surface area contributed by atoms with Crippen LogP contribution in [0.5, 0.6) is 0 Å². The number of hydrogen-bond donors (Lipinski definition) is 1. The third-order valence-electron chi connectivity index (χ3n) is 2.42. The first-order valence-corrected chi connectivity index (χ1v) is 6.64. The summed E-state index contributed by atoms with van der Waals surface area (Å²) in [4.78, 5) is 2.54. The standard InChI is InChI=1S/C12H17BrN2OS/c1-3-16-7-6-15(2)11-5-4-9(12(14)17)8-10(11)13/h4-5,8H,3,6-7H2,1-2H3,(H2,14,17). The molecular weight excluding hydrogens is 300 g/mol. The molecule has 0 aliphatic carbocycles. The third-order valence-corrected chi connectivity index (χ3v) is 3.29. The lowest BCUT2D eigenvalue weighted by Gasteiger charge is -2.21. The van der Waals surface area contributed by atoms with Crippen molar-refractivity contribution in [2.45, 2.75) is 6.92 Å². The summed E-state index contributed by atoms with van der Waals surface area (Å²) in [5.74, 6) is 0. The summed E-state index contributed by atoms with van der Waals surface area (Å²) in [6, 6.07) is 5.87. The molecule has 0 bridgehead atoms. The van der Waals surface area contributed by atoms with Gasteiger partial charge in [0.15, 0.2) is 0 Å². The van der Waals surface area contributed by atoms with Gasteiger partial charge in [-0.15, -0.1) is 0 Å². The zero-order chi connectivity index (χ0) is 12.8. The molecular formula is C12H17BrN2OS. The molecule has 0 saturated carbocycles. The van der Waals surface area contributed by atoms with Gasteiger partial charge in [-0.05, 0) is 41.1 Å². The van der Waals surface area contributed by atoms with E-state index in [0.29, 0.717) is 4.99 Å². The van der Waals surface area contributed by atoms with Crippen LogP contribution in [-0.4, -0.2) is 31.8 Å². The van der Waals surface area contributed by atoms with E-state index in [2.05, 4.69) is 20.8 Å². The number of rotatable bonds is 6. The van der Waals surface area contributed by atoms with Gasteiger partial charge >= 0.3 is 0 Å². The van der Waals surface area contributed by atoms with Gasteiger partial charge < -0.3 is 15.4 Å². The van der Waals surface area contributed by atoms with Crippen molar-refractivity contribution in [2.75, 3.05) is 31.7 Å². The molecule has 5 heteroatoms. The number of ether oxygens (including phenoxy) is 1. The van der Waals surface area contributed by atoms with Crippen molar-refractivity contribution >= 4 is 38.8 Å². The van der Waals surface area contributed by atoms with Crippen LogP contribution in [0, 0.1) is 0 Å². The fourth-order valence-corrected chi connectivity index (χ4v) is 2.24. The first-order chi connectivity index (χ1) is 8.06. The van der Waals surface area contributed by atoms with E-state index >= 15 is 0 Å². The third kappa shape index (κ3) is 4.26. The second-order valence-corrected chi connectivity index (χ2v) is 4.94. The highest BCUT2D eigenvalue weighted by Gasteiger charge is 2.07. The van der Waals surface area contributed by atoms with Crippen LogP contribution in [0.2, 0.25) is 0 Å². The van der Waals surface area contributed by atoms with E-state index in [4.69, 9.17) is 22.7 Å². The zero-order valence-corrected chi connectivity index (χ0v) is 12.5.